The van der Waals surface area contributed by atoms with E-state index in [1.54, 1.807) is 24.3 Å². The summed E-state index contributed by atoms with van der Waals surface area (Å²) in [4.78, 5) is 22.2. The Kier molecular flexibility index (Phi) is 6.71. The maximum Gasteiger partial charge on any atom is 0.664 e. The van der Waals surface area contributed by atoms with Crippen LogP contribution in [0.25, 0.3) is 0 Å². The molecule has 102 valence electrons. The zero-order chi connectivity index (χ0) is 14.1. The van der Waals surface area contributed by atoms with E-state index in [1.165, 1.54) is 7.11 Å². The van der Waals surface area contributed by atoms with Gasteiger partial charge in [0.1, 0.15) is 6.54 Å². The third-order valence-electron chi connectivity index (χ3n) is 2.17. The molecule has 1 unspecified atom stereocenters. The molecule has 0 saturated heterocycles. The lowest BCUT2D eigenvalue weighted by Crippen LogP contribution is -2.18. The topological polar surface area (TPSA) is 81.7 Å². The molecule has 1 N–H and O–H groups in total. The number of nitrogens with one attached hydrogen (secondary N) is 1. The predicted octanol–water partition coefficient (Wildman–Crippen LogP) is 1.83. The molecule has 0 aliphatic rings. The van der Waals surface area contributed by atoms with Crippen LogP contribution >= 0.6 is 8.18 Å². The second kappa shape index (κ2) is 8.34. The van der Waals surface area contributed by atoms with Crippen LogP contribution in [0.2, 0.25) is 0 Å². The van der Waals surface area contributed by atoms with Crippen LogP contribution in [0.15, 0.2) is 30.3 Å². The lowest BCUT2D eigenvalue weighted by molar-refractivity contribution is -0.141. The summed E-state index contributed by atoms with van der Waals surface area (Å²) in [5.74, 6) is -0.221. The number of hydrogen-bond donors (Lipinski definition) is 1. The van der Waals surface area contributed by atoms with E-state index in [0.717, 1.165) is 0 Å². The Balaban J connectivity index is 2.23. The lowest BCUT2D eigenvalue weighted by atomic mass is 10.2. The number of carbonyl (C=O) groups excluding carboxylic acids is 2. The Labute approximate surface area is 112 Å². The first kappa shape index (κ1) is 15.3. The Morgan fingerprint density at radius 1 is 1.21 bits per heavy atom. The summed E-state index contributed by atoms with van der Waals surface area (Å²) in [5, 5.41) is 2.46. The number of methoxy groups -OCH3 is 1. The van der Waals surface area contributed by atoms with Crippen molar-refractivity contribution in [2.75, 3.05) is 13.7 Å². The summed E-state index contributed by atoms with van der Waals surface area (Å²) in [6.07, 6.45) is 0.0710. The van der Waals surface area contributed by atoms with Crippen LogP contribution in [0.3, 0.4) is 0 Å². The summed E-state index contributed by atoms with van der Waals surface area (Å²) in [7, 11) is -0.896. The van der Waals surface area contributed by atoms with Gasteiger partial charge < -0.3 is 4.74 Å². The van der Waals surface area contributed by atoms with Gasteiger partial charge in [0, 0.05) is 11.0 Å². The van der Waals surface area contributed by atoms with Crippen LogP contribution in [0.1, 0.15) is 12.8 Å². The molecule has 0 saturated carbocycles. The molecule has 1 atom stereocenters. The van der Waals surface area contributed by atoms with Gasteiger partial charge in [-0.2, -0.15) is 0 Å². The highest BCUT2D eigenvalue weighted by Crippen LogP contribution is 2.22. The number of rotatable bonds is 8. The summed E-state index contributed by atoms with van der Waals surface area (Å²) in [5.41, 5.74) is 0. The van der Waals surface area contributed by atoms with Crippen molar-refractivity contribution in [1.29, 1.82) is 0 Å². The maximum atomic E-state index is 11.5. The van der Waals surface area contributed by atoms with Crippen LogP contribution < -0.4 is 9.61 Å². The van der Waals surface area contributed by atoms with Crippen molar-refractivity contribution in [3.05, 3.63) is 30.3 Å². The first-order valence-electron chi connectivity index (χ1n) is 5.64. The maximum absolute atomic E-state index is 11.5. The number of hydrogen-bond acceptors (Lipinski definition) is 5. The van der Waals surface area contributed by atoms with Crippen molar-refractivity contribution < 1.29 is 23.4 Å². The van der Waals surface area contributed by atoms with E-state index in [-0.39, 0.29) is 25.2 Å². The Hall–Kier alpha value is -1.78. The fourth-order valence-electron chi connectivity index (χ4n) is 1.19. The molecule has 0 bridgehead atoms. The summed E-state index contributed by atoms with van der Waals surface area (Å²) < 4.78 is 21.0. The number of benzene rings is 1. The standard InChI is InChI=1S/C12H15NO5P/c1-17-12(15)8-7-10(14)9-13-19(16)18-11-5-3-2-4-6-11/h2-6H,7-9H2,1H3,(H,13,16)/q+1. The first-order valence-corrected chi connectivity index (χ1v) is 6.82. The molecule has 1 aromatic rings. The molecule has 0 fully saturated rings. The average molecular weight is 284 g/mol. The van der Waals surface area contributed by atoms with E-state index >= 15 is 0 Å². The minimum atomic E-state index is -2.16. The minimum Gasteiger partial charge on any atom is -0.469 e. The molecule has 0 amide bonds. The van der Waals surface area contributed by atoms with Gasteiger partial charge in [-0.15, -0.1) is 0 Å². The van der Waals surface area contributed by atoms with Gasteiger partial charge in [-0.3, -0.25) is 9.59 Å². The molecule has 0 aromatic heterocycles. The molecule has 0 radical (unpaired) electrons. The fraction of sp³-hybridized carbons (Fsp3) is 0.333. The lowest BCUT2D eigenvalue weighted by Gasteiger charge is -1.97. The number of ether oxygens (including phenoxy) is 1. The van der Waals surface area contributed by atoms with E-state index in [1.807, 2.05) is 6.07 Å². The molecular weight excluding hydrogens is 269 g/mol. The Morgan fingerprint density at radius 2 is 1.89 bits per heavy atom. The van der Waals surface area contributed by atoms with Gasteiger partial charge in [-0.05, 0) is 12.1 Å². The number of carbonyl (C=O) groups is 2. The van der Waals surface area contributed by atoms with E-state index in [4.69, 9.17) is 4.52 Å². The zero-order valence-corrected chi connectivity index (χ0v) is 11.4. The number of Topliss-reactive ketones (excluding diaryl/α,β-unsaturated/α-hetero) is 1. The molecule has 6 nitrogen and oxygen atoms in total. The van der Waals surface area contributed by atoms with Crippen LogP contribution in [0, 0.1) is 0 Å². The highest BCUT2D eigenvalue weighted by Gasteiger charge is 2.20. The second-order valence-corrected chi connectivity index (χ2v) is 4.62. The van der Waals surface area contributed by atoms with Gasteiger partial charge in [0.15, 0.2) is 11.5 Å². The number of ketones is 1. The van der Waals surface area contributed by atoms with E-state index < -0.39 is 14.1 Å². The van der Waals surface area contributed by atoms with Gasteiger partial charge in [0.2, 0.25) is 0 Å². The van der Waals surface area contributed by atoms with Crippen LogP contribution in [-0.4, -0.2) is 25.4 Å². The monoisotopic (exact) mass is 284 g/mol. The summed E-state index contributed by atoms with van der Waals surface area (Å²) >= 11 is 0. The largest absolute Gasteiger partial charge is 0.664 e. The molecule has 1 aromatic carbocycles. The minimum absolute atomic E-state index is 0.0212. The second-order valence-electron chi connectivity index (χ2n) is 3.61. The Bertz CT molecular complexity index is 449. The first-order chi connectivity index (χ1) is 9.11. The smallest absolute Gasteiger partial charge is 0.469 e. The fourth-order valence-corrected chi connectivity index (χ4v) is 1.88. The van der Waals surface area contributed by atoms with E-state index in [0.29, 0.717) is 5.75 Å². The van der Waals surface area contributed by atoms with E-state index in [2.05, 4.69) is 9.82 Å². The third-order valence-corrected chi connectivity index (χ3v) is 2.97. The van der Waals surface area contributed by atoms with Crippen LogP contribution in [-0.2, 0) is 18.9 Å². The van der Waals surface area contributed by atoms with Gasteiger partial charge >= 0.3 is 14.1 Å². The zero-order valence-electron chi connectivity index (χ0n) is 10.5. The van der Waals surface area contributed by atoms with Gasteiger partial charge in [-0.1, -0.05) is 23.3 Å². The van der Waals surface area contributed by atoms with Crippen molar-refractivity contribution in [1.82, 2.24) is 5.09 Å². The van der Waals surface area contributed by atoms with Gasteiger partial charge in [0.05, 0.1) is 13.5 Å². The van der Waals surface area contributed by atoms with Crippen molar-refractivity contribution in [2.24, 2.45) is 0 Å². The molecule has 1 rings (SSSR count). The van der Waals surface area contributed by atoms with Gasteiger partial charge in [-0.25, -0.2) is 4.52 Å². The average Bonchev–Trinajstić information content (AvgIpc) is 2.43. The van der Waals surface area contributed by atoms with Crippen molar-refractivity contribution in [3.8, 4) is 5.75 Å². The highest BCUT2D eigenvalue weighted by atomic mass is 31.1. The predicted molar refractivity (Wildman–Crippen MR) is 68.9 cm³/mol. The normalized spacial score (nSPS) is 10.7. The summed E-state index contributed by atoms with van der Waals surface area (Å²) in [6.45, 7) is -0.112. The van der Waals surface area contributed by atoms with Crippen LogP contribution in [0.4, 0.5) is 0 Å². The molecule has 0 spiro atoms. The van der Waals surface area contributed by atoms with Crippen molar-refractivity contribution in [3.63, 3.8) is 0 Å². The quantitative estimate of drug-likeness (QED) is 0.579. The molecule has 0 aliphatic heterocycles. The molecule has 0 heterocycles. The third kappa shape index (κ3) is 6.64. The number of para-hydroxylation sites is 1. The number of esters is 1. The SMILES string of the molecule is COC(=O)CCC(=O)CN[P+](=O)Oc1ccccc1. The van der Waals surface area contributed by atoms with Crippen molar-refractivity contribution in [2.45, 2.75) is 12.8 Å². The van der Waals surface area contributed by atoms with E-state index in [9.17, 15) is 14.2 Å². The van der Waals surface area contributed by atoms with Crippen molar-refractivity contribution >= 4 is 19.9 Å². The molecular formula is C12H15NO5P+. The van der Waals surface area contributed by atoms with Crippen LogP contribution in [0.5, 0.6) is 5.75 Å². The summed E-state index contributed by atoms with van der Waals surface area (Å²) in [6, 6.07) is 8.63. The Morgan fingerprint density at radius 3 is 2.53 bits per heavy atom. The molecule has 19 heavy (non-hydrogen) atoms. The van der Waals surface area contributed by atoms with Gasteiger partial charge in [0.25, 0.3) is 0 Å². The highest BCUT2D eigenvalue weighted by molar-refractivity contribution is 7.37. The molecule has 7 heteroatoms. The molecule has 0 aliphatic carbocycles.